The van der Waals surface area contributed by atoms with Gasteiger partial charge in [-0.2, -0.15) is 0 Å². The van der Waals surface area contributed by atoms with Crippen LogP contribution in [0.15, 0.2) is 30.3 Å². The molecule has 142 valence electrons. The maximum absolute atomic E-state index is 12.9. The Morgan fingerprint density at radius 2 is 1.96 bits per heavy atom. The lowest BCUT2D eigenvalue weighted by Crippen LogP contribution is -2.57. The van der Waals surface area contributed by atoms with Gasteiger partial charge in [0.05, 0.1) is 19.1 Å². The Balaban J connectivity index is 2.01. The molecule has 0 saturated carbocycles. The van der Waals surface area contributed by atoms with E-state index in [1.54, 1.807) is 6.92 Å². The van der Waals surface area contributed by atoms with Crippen LogP contribution >= 0.6 is 0 Å². The van der Waals surface area contributed by atoms with Crippen molar-refractivity contribution in [1.82, 2.24) is 10.2 Å². The molecule has 0 aliphatic carbocycles. The molecule has 0 aromatic heterocycles. The van der Waals surface area contributed by atoms with Crippen LogP contribution in [0.3, 0.4) is 0 Å². The Bertz CT molecular complexity index is 634. The fourth-order valence-electron chi connectivity index (χ4n) is 3.06. The van der Waals surface area contributed by atoms with Crippen LogP contribution in [0.1, 0.15) is 32.3 Å². The van der Waals surface area contributed by atoms with Gasteiger partial charge in [0.15, 0.2) is 6.10 Å². The van der Waals surface area contributed by atoms with E-state index in [9.17, 15) is 19.5 Å². The minimum atomic E-state index is -1.09. The molecule has 1 aliphatic rings. The third-order valence-corrected chi connectivity index (χ3v) is 4.27. The van der Waals surface area contributed by atoms with Crippen LogP contribution < -0.4 is 5.32 Å². The zero-order valence-electron chi connectivity index (χ0n) is 15.2. The van der Waals surface area contributed by atoms with Crippen molar-refractivity contribution in [2.24, 2.45) is 0 Å². The van der Waals surface area contributed by atoms with Gasteiger partial charge < -0.3 is 20.1 Å². The van der Waals surface area contributed by atoms with Gasteiger partial charge in [-0.3, -0.25) is 9.59 Å². The molecule has 2 rings (SSSR count). The molecule has 1 fully saturated rings. The van der Waals surface area contributed by atoms with E-state index < -0.39 is 18.1 Å². The number of nitrogens with zero attached hydrogens (tertiary/aromatic N) is 1. The van der Waals surface area contributed by atoms with Gasteiger partial charge in [0.25, 0.3) is 0 Å². The first-order valence-electron chi connectivity index (χ1n) is 8.91. The number of amides is 2. The molecule has 1 aromatic carbocycles. The molecular weight excluding hydrogens is 336 g/mol. The summed E-state index contributed by atoms with van der Waals surface area (Å²) in [5.74, 6) is -1.57. The number of rotatable bonds is 7. The van der Waals surface area contributed by atoms with Crippen LogP contribution in [0.4, 0.5) is 0 Å². The van der Waals surface area contributed by atoms with Crippen LogP contribution in [-0.2, 0) is 25.5 Å². The summed E-state index contributed by atoms with van der Waals surface area (Å²) >= 11 is 0. The summed E-state index contributed by atoms with van der Waals surface area (Å²) in [4.78, 5) is 37.9. The Morgan fingerprint density at radius 1 is 1.27 bits per heavy atom. The summed E-state index contributed by atoms with van der Waals surface area (Å²) < 4.78 is 5.35. The summed E-state index contributed by atoms with van der Waals surface area (Å²) in [7, 11) is 0. The monoisotopic (exact) mass is 362 g/mol. The van der Waals surface area contributed by atoms with Crippen molar-refractivity contribution in [2.45, 2.75) is 51.4 Å². The normalized spacial score (nSPS) is 21.1. The van der Waals surface area contributed by atoms with E-state index in [1.807, 2.05) is 37.3 Å². The van der Waals surface area contributed by atoms with Gasteiger partial charge in [-0.05, 0) is 18.9 Å². The number of ether oxygens (including phenoxy) is 1. The molecule has 0 radical (unpaired) electrons. The Morgan fingerprint density at radius 3 is 2.58 bits per heavy atom. The van der Waals surface area contributed by atoms with Crippen LogP contribution in [0, 0.1) is 0 Å². The number of carboxylic acids is 1. The van der Waals surface area contributed by atoms with Gasteiger partial charge in [-0.15, -0.1) is 0 Å². The first-order chi connectivity index (χ1) is 12.4. The molecule has 1 saturated heterocycles. The molecule has 2 N–H and O–H groups in total. The molecule has 0 bridgehead atoms. The fourth-order valence-corrected chi connectivity index (χ4v) is 3.06. The highest BCUT2D eigenvalue weighted by atomic mass is 16.5. The lowest BCUT2D eigenvalue weighted by molar-refractivity contribution is -0.167. The lowest BCUT2D eigenvalue weighted by Gasteiger charge is -2.36. The Hall–Kier alpha value is -2.41. The molecule has 1 heterocycles. The van der Waals surface area contributed by atoms with Gasteiger partial charge in [-0.1, -0.05) is 43.7 Å². The quantitative estimate of drug-likeness (QED) is 0.760. The molecule has 1 aliphatic heterocycles. The number of nitrogens with one attached hydrogen (secondary N) is 1. The van der Waals surface area contributed by atoms with Crippen molar-refractivity contribution in [3.63, 3.8) is 0 Å². The van der Waals surface area contributed by atoms with Crippen molar-refractivity contribution in [1.29, 1.82) is 0 Å². The molecule has 26 heavy (non-hydrogen) atoms. The van der Waals surface area contributed by atoms with Gasteiger partial charge in [0.2, 0.25) is 11.8 Å². The zero-order valence-corrected chi connectivity index (χ0v) is 15.2. The zero-order chi connectivity index (χ0) is 19.1. The van der Waals surface area contributed by atoms with Gasteiger partial charge in [0, 0.05) is 6.54 Å². The lowest BCUT2D eigenvalue weighted by atomic mass is 10.1. The molecular formula is C19H26N2O5. The van der Waals surface area contributed by atoms with Crippen LogP contribution in [0.2, 0.25) is 0 Å². The second-order valence-corrected chi connectivity index (χ2v) is 6.59. The van der Waals surface area contributed by atoms with E-state index in [-0.39, 0.29) is 30.9 Å². The summed E-state index contributed by atoms with van der Waals surface area (Å²) in [5.41, 5.74) is 0.874. The third-order valence-electron chi connectivity index (χ3n) is 4.27. The maximum Gasteiger partial charge on any atom is 0.334 e. The van der Waals surface area contributed by atoms with Crippen LogP contribution in [-0.4, -0.2) is 59.1 Å². The molecule has 2 amide bonds. The van der Waals surface area contributed by atoms with Crippen molar-refractivity contribution >= 4 is 17.8 Å². The van der Waals surface area contributed by atoms with E-state index in [4.69, 9.17) is 4.74 Å². The van der Waals surface area contributed by atoms with Crippen LogP contribution in [0.25, 0.3) is 0 Å². The number of hydrogen-bond donors (Lipinski definition) is 2. The number of benzene rings is 1. The topological polar surface area (TPSA) is 95.9 Å². The minimum absolute atomic E-state index is 0.00667. The SMILES string of the molecule is CCCC(NC(=O)Cc1ccccc1)C(=O)N1CC(C(=O)O)O[C@H](C)C1. The summed E-state index contributed by atoms with van der Waals surface area (Å²) in [5, 5.41) is 12.0. The van der Waals surface area contributed by atoms with E-state index in [1.165, 1.54) is 4.90 Å². The highest BCUT2D eigenvalue weighted by Gasteiger charge is 2.35. The molecule has 1 aromatic rings. The number of carbonyl (C=O) groups is 3. The van der Waals surface area contributed by atoms with E-state index >= 15 is 0 Å². The third kappa shape index (κ3) is 5.56. The molecule has 3 atom stereocenters. The predicted octanol–water partition coefficient (Wildman–Crippen LogP) is 1.21. The number of morpholine rings is 1. The van der Waals surface area contributed by atoms with Crippen molar-refractivity contribution in [3.05, 3.63) is 35.9 Å². The maximum atomic E-state index is 12.9. The van der Waals surface area contributed by atoms with E-state index in [0.717, 1.165) is 12.0 Å². The second kappa shape index (κ2) is 9.33. The number of carbonyl (C=O) groups excluding carboxylic acids is 2. The first-order valence-corrected chi connectivity index (χ1v) is 8.91. The smallest absolute Gasteiger partial charge is 0.334 e. The number of carboxylic acid groups (broad SMARTS) is 1. The number of hydrogen-bond acceptors (Lipinski definition) is 4. The summed E-state index contributed by atoms with van der Waals surface area (Å²) in [6.45, 7) is 3.98. The van der Waals surface area contributed by atoms with Crippen molar-refractivity contribution in [2.75, 3.05) is 13.1 Å². The van der Waals surface area contributed by atoms with Gasteiger partial charge >= 0.3 is 5.97 Å². The Kier molecular flexibility index (Phi) is 7.15. The molecule has 2 unspecified atom stereocenters. The average Bonchev–Trinajstić information content (AvgIpc) is 2.61. The number of aliphatic carboxylic acids is 1. The average molecular weight is 362 g/mol. The van der Waals surface area contributed by atoms with Crippen molar-refractivity contribution < 1.29 is 24.2 Å². The molecule has 7 heteroatoms. The van der Waals surface area contributed by atoms with Crippen molar-refractivity contribution in [3.8, 4) is 0 Å². The largest absolute Gasteiger partial charge is 0.479 e. The fraction of sp³-hybridized carbons (Fsp3) is 0.526. The van der Waals surface area contributed by atoms with Crippen LogP contribution in [0.5, 0.6) is 0 Å². The molecule has 0 spiro atoms. The highest BCUT2D eigenvalue weighted by Crippen LogP contribution is 2.14. The highest BCUT2D eigenvalue weighted by molar-refractivity contribution is 5.89. The minimum Gasteiger partial charge on any atom is -0.479 e. The van der Waals surface area contributed by atoms with E-state index in [2.05, 4.69) is 5.32 Å². The summed E-state index contributed by atoms with van der Waals surface area (Å²) in [6.07, 6.45) is 0.0275. The van der Waals surface area contributed by atoms with Gasteiger partial charge in [-0.25, -0.2) is 4.79 Å². The van der Waals surface area contributed by atoms with Gasteiger partial charge in [0.1, 0.15) is 6.04 Å². The first kappa shape index (κ1) is 19.9. The summed E-state index contributed by atoms with van der Waals surface area (Å²) in [6, 6.07) is 8.66. The molecule has 7 nitrogen and oxygen atoms in total. The standard InChI is InChI=1S/C19H26N2O5/c1-3-7-15(20-17(22)10-14-8-5-4-6-9-14)18(23)21-11-13(2)26-16(12-21)19(24)25/h4-6,8-9,13,15-16H,3,7,10-12H2,1-2H3,(H,20,22)(H,24,25)/t13-,15?,16?/m1/s1. The second-order valence-electron chi connectivity index (χ2n) is 6.59. The predicted molar refractivity (Wildman–Crippen MR) is 95.5 cm³/mol. The van der Waals surface area contributed by atoms with E-state index in [0.29, 0.717) is 13.0 Å². The Labute approximate surface area is 153 Å².